The maximum absolute atomic E-state index is 12.6. The van der Waals surface area contributed by atoms with Crippen LogP contribution in [0.2, 0.25) is 0 Å². The van der Waals surface area contributed by atoms with Gasteiger partial charge in [0.25, 0.3) is 0 Å². The summed E-state index contributed by atoms with van der Waals surface area (Å²) < 4.78 is 0. The molecule has 0 unspecified atom stereocenters. The van der Waals surface area contributed by atoms with Crippen LogP contribution in [-0.4, -0.2) is 11.6 Å². The summed E-state index contributed by atoms with van der Waals surface area (Å²) in [5.74, 6) is -0.609. The van der Waals surface area contributed by atoms with Gasteiger partial charge in [0.1, 0.15) is 0 Å². The molecule has 1 aliphatic carbocycles. The molecule has 22 heavy (non-hydrogen) atoms. The molecule has 2 nitrogen and oxygen atoms in total. The van der Waals surface area contributed by atoms with E-state index >= 15 is 0 Å². The van der Waals surface area contributed by atoms with Crippen molar-refractivity contribution in [2.45, 2.75) is 47.0 Å². The van der Waals surface area contributed by atoms with Crippen molar-refractivity contribution in [3.8, 4) is 0 Å². The summed E-state index contributed by atoms with van der Waals surface area (Å²) in [7, 11) is 0. The predicted octanol–water partition coefficient (Wildman–Crippen LogP) is 4.70. The quantitative estimate of drug-likeness (QED) is 0.583. The summed E-state index contributed by atoms with van der Waals surface area (Å²) in [5.41, 5.74) is 5.39. The standard InChI is InChI=1S/C20H24O2/c1-12(2)7-6-8-16-14(5)9-10-15-11-17(13(3)4)19(21)20(22)18(15)16/h9-11,13H,1,6-8H2,2-5H3. The van der Waals surface area contributed by atoms with Crippen molar-refractivity contribution in [3.05, 3.63) is 52.1 Å². The minimum Gasteiger partial charge on any atom is -0.285 e. The lowest BCUT2D eigenvalue weighted by Crippen LogP contribution is -2.25. The van der Waals surface area contributed by atoms with E-state index in [-0.39, 0.29) is 17.5 Å². The Balaban J connectivity index is 2.47. The number of carbonyl (C=O) groups excluding carboxylic acids is 2. The molecule has 0 N–H and O–H groups in total. The van der Waals surface area contributed by atoms with Gasteiger partial charge in [-0.2, -0.15) is 0 Å². The van der Waals surface area contributed by atoms with E-state index in [1.807, 2.05) is 45.9 Å². The lowest BCUT2D eigenvalue weighted by atomic mass is 9.81. The number of benzene rings is 1. The molecule has 1 aromatic rings. The summed E-state index contributed by atoms with van der Waals surface area (Å²) in [6, 6.07) is 4.01. The van der Waals surface area contributed by atoms with Gasteiger partial charge in [0.05, 0.1) is 0 Å². The first-order chi connectivity index (χ1) is 10.3. The molecule has 0 saturated carbocycles. The smallest absolute Gasteiger partial charge is 0.234 e. The molecule has 116 valence electrons. The van der Waals surface area contributed by atoms with Crippen LogP contribution in [0.25, 0.3) is 6.08 Å². The van der Waals surface area contributed by atoms with Crippen LogP contribution in [-0.2, 0) is 11.2 Å². The van der Waals surface area contributed by atoms with Crippen LogP contribution in [0.3, 0.4) is 0 Å². The monoisotopic (exact) mass is 296 g/mol. The van der Waals surface area contributed by atoms with Crippen molar-refractivity contribution < 1.29 is 9.59 Å². The van der Waals surface area contributed by atoms with Crippen molar-refractivity contribution in [2.75, 3.05) is 0 Å². The average molecular weight is 296 g/mol. The number of carbonyl (C=O) groups is 2. The molecule has 0 radical (unpaired) electrons. The molecule has 0 heterocycles. The average Bonchev–Trinajstić information content (AvgIpc) is 2.44. The lowest BCUT2D eigenvalue weighted by molar-refractivity contribution is -0.112. The van der Waals surface area contributed by atoms with Gasteiger partial charge in [0.2, 0.25) is 11.6 Å². The third kappa shape index (κ3) is 3.11. The summed E-state index contributed by atoms with van der Waals surface area (Å²) >= 11 is 0. The predicted molar refractivity (Wildman–Crippen MR) is 91.1 cm³/mol. The highest BCUT2D eigenvalue weighted by Crippen LogP contribution is 2.31. The Morgan fingerprint density at radius 2 is 1.86 bits per heavy atom. The molecule has 0 aromatic heterocycles. The van der Waals surface area contributed by atoms with Crippen molar-refractivity contribution in [2.24, 2.45) is 5.92 Å². The zero-order valence-electron chi connectivity index (χ0n) is 14.0. The van der Waals surface area contributed by atoms with E-state index in [1.54, 1.807) is 0 Å². The first-order valence-corrected chi connectivity index (χ1v) is 7.90. The number of hydrogen-bond acceptors (Lipinski definition) is 2. The number of ketones is 2. The van der Waals surface area contributed by atoms with Gasteiger partial charge < -0.3 is 0 Å². The second kappa shape index (κ2) is 6.43. The van der Waals surface area contributed by atoms with E-state index in [0.29, 0.717) is 11.1 Å². The van der Waals surface area contributed by atoms with Crippen molar-refractivity contribution in [3.63, 3.8) is 0 Å². The topological polar surface area (TPSA) is 34.1 Å². The molecule has 2 heteroatoms. The third-order valence-electron chi connectivity index (χ3n) is 4.24. The molecule has 0 spiro atoms. The Labute approximate surface area is 132 Å². The van der Waals surface area contributed by atoms with Crippen LogP contribution >= 0.6 is 0 Å². The first kappa shape index (κ1) is 16.4. The van der Waals surface area contributed by atoms with Gasteiger partial charge in [0, 0.05) is 11.1 Å². The van der Waals surface area contributed by atoms with Crippen molar-refractivity contribution >= 4 is 17.6 Å². The minimum atomic E-state index is -0.339. The van der Waals surface area contributed by atoms with Gasteiger partial charge in [0.15, 0.2) is 0 Å². The molecular formula is C20H24O2. The number of aryl methyl sites for hydroxylation is 1. The molecule has 0 amide bonds. The van der Waals surface area contributed by atoms with Crippen LogP contribution in [0.1, 0.15) is 60.7 Å². The number of allylic oxidation sites excluding steroid dienone is 2. The second-order valence-electron chi connectivity index (χ2n) is 6.55. The molecule has 1 aromatic carbocycles. The number of Topliss-reactive ketones (excluding diaryl/α,β-unsaturated/α-hetero) is 2. The van der Waals surface area contributed by atoms with Gasteiger partial charge in [-0.05, 0) is 61.8 Å². The van der Waals surface area contributed by atoms with E-state index < -0.39 is 0 Å². The highest BCUT2D eigenvalue weighted by molar-refractivity contribution is 6.52. The Morgan fingerprint density at radius 3 is 2.45 bits per heavy atom. The maximum Gasteiger partial charge on any atom is 0.234 e. The van der Waals surface area contributed by atoms with Crippen LogP contribution in [0.4, 0.5) is 0 Å². The van der Waals surface area contributed by atoms with Gasteiger partial charge in [-0.15, -0.1) is 6.58 Å². The summed E-state index contributed by atoms with van der Waals surface area (Å²) in [4.78, 5) is 24.9. The SMILES string of the molecule is C=C(C)CCCc1c(C)ccc2c1C(=O)C(=O)C(C(C)C)=C2. The summed E-state index contributed by atoms with van der Waals surface area (Å²) in [6.45, 7) is 11.8. The van der Waals surface area contributed by atoms with E-state index in [9.17, 15) is 9.59 Å². The Kier molecular flexibility index (Phi) is 4.80. The molecule has 2 rings (SSSR count). The fraction of sp³-hybridized carbons (Fsp3) is 0.400. The van der Waals surface area contributed by atoms with E-state index in [4.69, 9.17) is 0 Å². The van der Waals surface area contributed by atoms with Crippen LogP contribution < -0.4 is 0 Å². The summed E-state index contributed by atoms with van der Waals surface area (Å²) in [5, 5.41) is 0. The fourth-order valence-corrected chi connectivity index (χ4v) is 2.95. The Bertz CT molecular complexity index is 675. The normalized spacial score (nSPS) is 14.1. The Morgan fingerprint density at radius 1 is 1.18 bits per heavy atom. The first-order valence-electron chi connectivity index (χ1n) is 7.90. The highest BCUT2D eigenvalue weighted by Gasteiger charge is 2.31. The highest BCUT2D eigenvalue weighted by atomic mass is 16.2. The van der Waals surface area contributed by atoms with E-state index in [1.165, 1.54) is 0 Å². The van der Waals surface area contributed by atoms with Crippen LogP contribution in [0, 0.1) is 12.8 Å². The fourth-order valence-electron chi connectivity index (χ4n) is 2.95. The van der Waals surface area contributed by atoms with Gasteiger partial charge in [-0.25, -0.2) is 0 Å². The van der Waals surface area contributed by atoms with E-state index in [0.717, 1.165) is 41.5 Å². The molecular weight excluding hydrogens is 272 g/mol. The molecule has 0 aliphatic heterocycles. The lowest BCUT2D eigenvalue weighted by Gasteiger charge is -2.21. The number of rotatable bonds is 5. The molecule has 0 fully saturated rings. The summed E-state index contributed by atoms with van der Waals surface area (Å²) in [6.07, 6.45) is 4.60. The Hall–Kier alpha value is -1.96. The number of hydrogen-bond donors (Lipinski definition) is 0. The van der Waals surface area contributed by atoms with Crippen molar-refractivity contribution in [1.82, 2.24) is 0 Å². The van der Waals surface area contributed by atoms with Gasteiger partial charge in [-0.3, -0.25) is 9.59 Å². The molecule has 1 aliphatic rings. The van der Waals surface area contributed by atoms with E-state index in [2.05, 4.69) is 6.58 Å². The third-order valence-corrected chi connectivity index (χ3v) is 4.24. The number of fused-ring (bicyclic) bond motifs is 1. The molecule has 0 saturated heterocycles. The van der Waals surface area contributed by atoms with Crippen LogP contribution in [0.5, 0.6) is 0 Å². The minimum absolute atomic E-state index is 0.0674. The zero-order chi connectivity index (χ0) is 16.4. The largest absolute Gasteiger partial charge is 0.285 e. The van der Waals surface area contributed by atoms with Gasteiger partial charge in [-0.1, -0.05) is 31.6 Å². The maximum atomic E-state index is 12.6. The molecule has 0 atom stereocenters. The van der Waals surface area contributed by atoms with Crippen LogP contribution in [0.15, 0.2) is 29.9 Å². The zero-order valence-corrected chi connectivity index (χ0v) is 14.0. The second-order valence-corrected chi connectivity index (χ2v) is 6.55. The molecule has 0 bridgehead atoms. The van der Waals surface area contributed by atoms with Gasteiger partial charge >= 0.3 is 0 Å². The van der Waals surface area contributed by atoms with Crippen molar-refractivity contribution in [1.29, 1.82) is 0 Å².